The van der Waals surface area contributed by atoms with Crippen LogP contribution in [0.5, 0.6) is 0 Å². The van der Waals surface area contributed by atoms with Gasteiger partial charge in [0.05, 0.1) is 11.5 Å². The molecule has 0 spiro atoms. The summed E-state index contributed by atoms with van der Waals surface area (Å²) in [4.78, 5) is 4.09. The van der Waals surface area contributed by atoms with Crippen molar-refractivity contribution >= 4 is 39.8 Å². The van der Waals surface area contributed by atoms with Gasteiger partial charge in [0, 0.05) is 20.1 Å². The van der Waals surface area contributed by atoms with Gasteiger partial charge in [0.2, 0.25) is 0 Å². The molecule has 8 heteroatoms. The van der Waals surface area contributed by atoms with Gasteiger partial charge in [-0.05, 0) is 30.0 Å². The first-order chi connectivity index (χ1) is 9.98. The number of halogens is 2. The molecule has 0 radical (unpaired) electrons. The van der Waals surface area contributed by atoms with Gasteiger partial charge < -0.3 is 10.6 Å². The summed E-state index contributed by atoms with van der Waals surface area (Å²) in [5, 5.41) is 6.25. The predicted octanol–water partition coefficient (Wildman–Crippen LogP) is 1.54. The summed E-state index contributed by atoms with van der Waals surface area (Å²) in [6, 6.07) is 6.24. The number of hydrogen-bond donors (Lipinski definition) is 2. The van der Waals surface area contributed by atoms with Gasteiger partial charge in [0.1, 0.15) is 5.82 Å². The van der Waals surface area contributed by atoms with Gasteiger partial charge in [-0.2, -0.15) is 0 Å². The molecule has 0 amide bonds. The number of guanidine groups is 1. The van der Waals surface area contributed by atoms with E-state index in [0.717, 1.165) is 5.56 Å². The Morgan fingerprint density at radius 1 is 1.32 bits per heavy atom. The first-order valence-corrected chi connectivity index (χ1v) is 8.70. The molecule has 124 valence electrons. The maximum atomic E-state index is 12.8. The molecular formula is C14H21FIN3O2S. The van der Waals surface area contributed by atoms with Gasteiger partial charge in [-0.25, -0.2) is 12.8 Å². The Morgan fingerprint density at radius 3 is 2.55 bits per heavy atom. The van der Waals surface area contributed by atoms with Gasteiger partial charge in [-0.15, -0.1) is 24.0 Å². The van der Waals surface area contributed by atoms with Crippen LogP contribution < -0.4 is 10.6 Å². The third-order valence-electron chi connectivity index (χ3n) is 3.48. The van der Waals surface area contributed by atoms with Gasteiger partial charge in [0.25, 0.3) is 0 Å². The largest absolute Gasteiger partial charge is 0.356 e. The molecule has 0 aromatic heterocycles. The van der Waals surface area contributed by atoms with Crippen LogP contribution in [0.25, 0.3) is 0 Å². The summed E-state index contributed by atoms with van der Waals surface area (Å²) in [5.41, 5.74) is 0.947. The van der Waals surface area contributed by atoms with Crippen molar-refractivity contribution < 1.29 is 12.8 Å². The Balaban J connectivity index is 0.00000242. The summed E-state index contributed by atoms with van der Waals surface area (Å²) < 4.78 is 35.6. The molecule has 0 bridgehead atoms. The summed E-state index contributed by atoms with van der Waals surface area (Å²) in [6.45, 7) is 1.12. The Labute approximate surface area is 147 Å². The van der Waals surface area contributed by atoms with E-state index < -0.39 is 9.84 Å². The van der Waals surface area contributed by atoms with Crippen molar-refractivity contribution in [2.75, 3.05) is 25.1 Å². The van der Waals surface area contributed by atoms with Gasteiger partial charge in [0.15, 0.2) is 15.8 Å². The van der Waals surface area contributed by atoms with Crippen LogP contribution in [0.4, 0.5) is 4.39 Å². The summed E-state index contributed by atoms with van der Waals surface area (Å²) in [5.74, 6) is 1.02. The molecule has 0 aliphatic carbocycles. The second kappa shape index (κ2) is 8.66. The van der Waals surface area contributed by atoms with Crippen molar-refractivity contribution in [1.29, 1.82) is 0 Å². The SMILES string of the molecule is CN=C(NCc1ccc(F)cc1)NCC1CCS(=O)(=O)C1.I. The Bertz CT molecular complexity index is 605. The Morgan fingerprint density at radius 2 is 2.00 bits per heavy atom. The minimum atomic E-state index is -2.85. The van der Waals surface area contributed by atoms with E-state index in [1.807, 2.05) is 0 Å². The molecule has 22 heavy (non-hydrogen) atoms. The fraction of sp³-hybridized carbons (Fsp3) is 0.500. The van der Waals surface area contributed by atoms with Crippen molar-refractivity contribution in [1.82, 2.24) is 10.6 Å². The zero-order valence-corrected chi connectivity index (χ0v) is 15.5. The number of nitrogens with zero attached hydrogens (tertiary/aromatic N) is 1. The number of rotatable bonds is 4. The number of hydrogen-bond acceptors (Lipinski definition) is 3. The molecule has 0 saturated carbocycles. The van der Waals surface area contributed by atoms with E-state index in [2.05, 4.69) is 15.6 Å². The number of sulfone groups is 1. The van der Waals surface area contributed by atoms with Crippen LogP contribution in [0.1, 0.15) is 12.0 Å². The van der Waals surface area contributed by atoms with E-state index >= 15 is 0 Å². The molecule has 1 aromatic rings. The second-order valence-corrected chi connectivity index (χ2v) is 7.43. The van der Waals surface area contributed by atoms with Gasteiger partial charge in [-0.3, -0.25) is 4.99 Å². The quantitative estimate of drug-likeness (QED) is 0.423. The fourth-order valence-corrected chi connectivity index (χ4v) is 4.14. The zero-order valence-electron chi connectivity index (χ0n) is 12.4. The van der Waals surface area contributed by atoms with Crippen LogP contribution in [-0.2, 0) is 16.4 Å². The number of aliphatic imine (C=N–C) groups is 1. The lowest BCUT2D eigenvalue weighted by Gasteiger charge is -2.14. The molecule has 1 saturated heterocycles. The third kappa shape index (κ3) is 6.07. The summed E-state index contributed by atoms with van der Waals surface area (Å²) in [7, 11) is -1.19. The summed E-state index contributed by atoms with van der Waals surface area (Å²) in [6.07, 6.45) is 0.699. The lowest BCUT2D eigenvalue weighted by molar-refractivity contribution is 0.567. The standard InChI is InChI=1S/C14H20FN3O2S.HI/c1-16-14(17-8-11-2-4-13(15)5-3-11)18-9-12-6-7-21(19,20)10-12;/h2-5,12H,6-10H2,1H3,(H2,16,17,18);1H. The predicted molar refractivity (Wildman–Crippen MR) is 96.8 cm³/mol. The fourth-order valence-electron chi connectivity index (χ4n) is 2.28. The molecule has 5 nitrogen and oxygen atoms in total. The third-order valence-corrected chi connectivity index (χ3v) is 5.32. The van der Waals surface area contributed by atoms with Crippen molar-refractivity contribution in [2.24, 2.45) is 10.9 Å². The highest BCUT2D eigenvalue weighted by molar-refractivity contribution is 14.0. The van der Waals surface area contributed by atoms with E-state index in [1.165, 1.54) is 12.1 Å². The smallest absolute Gasteiger partial charge is 0.191 e. The average Bonchev–Trinajstić information content (AvgIpc) is 2.80. The minimum absolute atomic E-state index is 0. The topological polar surface area (TPSA) is 70.6 Å². The molecule has 1 atom stereocenters. The highest BCUT2D eigenvalue weighted by atomic mass is 127. The van der Waals surface area contributed by atoms with Crippen molar-refractivity contribution in [3.8, 4) is 0 Å². The van der Waals surface area contributed by atoms with Crippen LogP contribution >= 0.6 is 24.0 Å². The van der Waals surface area contributed by atoms with Crippen molar-refractivity contribution in [3.63, 3.8) is 0 Å². The Hall–Kier alpha value is -0.900. The average molecular weight is 441 g/mol. The monoisotopic (exact) mass is 441 g/mol. The molecule has 1 heterocycles. The maximum absolute atomic E-state index is 12.8. The van der Waals surface area contributed by atoms with Crippen LogP contribution in [0.2, 0.25) is 0 Å². The number of nitrogens with one attached hydrogen (secondary N) is 2. The zero-order chi connectivity index (χ0) is 15.3. The van der Waals surface area contributed by atoms with Crippen LogP contribution in [0.3, 0.4) is 0 Å². The molecule has 2 N–H and O–H groups in total. The van der Waals surface area contributed by atoms with E-state index in [1.54, 1.807) is 19.2 Å². The lowest BCUT2D eigenvalue weighted by atomic mass is 10.1. The Kier molecular flexibility index (Phi) is 7.54. The van der Waals surface area contributed by atoms with Crippen molar-refractivity contribution in [2.45, 2.75) is 13.0 Å². The molecule has 1 aliphatic rings. The van der Waals surface area contributed by atoms with Gasteiger partial charge >= 0.3 is 0 Å². The first-order valence-electron chi connectivity index (χ1n) is 6.88. The lowest BCUT2D eigenvalue weighted by Crippen LogP contribution is -2.39. The van der Waals surface area contributed by atoms with E-state index in [-0.39, 0.29) is 47.2 Å². The molecule has 2 rings (SSSR count). The molecule has 1 unspecified atom stereocenters. The highest BCUT2D eigenvalue weighted by Crippen LogP contribution is 2.17. The van der Waals surface area contributed by atoms with Crippen LogP contribution in [0, 0.1) is 11.7 Å². The molecule has 1 aromatic carbocycles. The minimum Gasteiger partial charge on any atom is -0.356 e. The van der Waals surface area contributed by atoms with Crippen molar-refractivity contribution in [3.05, 3.63) is 35.6 Å². The second-order valence-electron chi connectivity index (χ2n) is 5.20. The maximum Gasteiger partial charge on any atom is 0.191 e. The molecule has 1 aliphatic heterocycles. The summed E-state index contributed by atoms with van der Waals surface area (Å²) >= 11 is 0. The molecular weight excluding hydrogens is 420 g/mol. The van der Waals surface area contributed by atoms with E-state index in [9.17, 15) is 12.8 Å². The van der Waals surface area contributed by atoms with E-state index in [4.69, 9.17) is 0 Å². The van der Waals surface area contributed by atoms with Gasteiger partial charge in [-0.1, -0.05) is 12.1 Å². The van der Waals surface area contributed by atoms with Crippen LogP contribution in [-0.4, -0.2) is 39.5 Å². The first kappa shape index (κ1) is 19.1. The van der Waals surface area contributed by atoms with E-state index in [0.29, 0.717) is 25.5 Å². The normalized spacial score (nSPS) is 20.3. The molecule has 1 fully saturated rings. The number of benzene rings is 1. The van der Waals surface area contributed by atoms with Crippen LogP contribution in [0.15, 0.2) is 29.3 Å². The highest BCUT2D eigenvalue weighted by Gasteiger charge is 2.27.